The van der Waals surface area contributed by atoms with Crippen LogP contribution in [0.25, 0.3) is 0 Å². The molecule has 1 unspecified atom stereocenters. The fraction of sp³-hybridized carbons (Fsp3) is 0.759. The minimum absolute atomic E-state index is 0.0367. The van der Waals surface area contributed by atoms with Crippen LogP contribution in [0.3, 0.4) is 0 Å². The van der Waals surface area contributed by atoms with Crippen LogP contribution < -0.4 is 5.32 Å². The quantitative estimate of drug-likeness (QED) is 0.376. The zero-order valence-corrected chi connectivity index (χ0v) is 26.3. The molecule has 1 fully saturated rings. The summed E-state index contributed by atoms with van der Waals surface area (Å²) < 4.78 is 10.6. The molecule has 2 rings (SSSR count). The van der Waals surface area contributed by atoms with Gasteiger partial charge in [0.2, 0.25) is 0 Å². The molecular weight excluding hydrogens is 530 g/mol. The van der Waals surface area contributed by atoms with Gasteiger partial charge in [-0.15, -0.1) is 0 Å². The highest BCUT2D eigenvalue weighted by molar-refractivity contribution is 5.98. The third-order valence-corrected chi connectivity index (χ3v) is 6.64. The second-order valence-electron chi connectivity index (χ2n) is 13.6. The molecule has 12 heteroatoms. The van der Waals surface area contributed by atoms with Gasteiger partial charge < -0.3 is 34.8 Å². The van der Waals surface area contributed by atoms with Crippen molar-refractivity contribution in [3.8, 4) is 0 Å². The number of carbonyl (C=O) groups is 3. The van der Waals surface area contributed by atoms with Gasteiger partial charge in [-0.25, -0.2) is 14.8 Å². The van der Waals surface area contributed by atoms with Crippen molar-refractivity contribution in [1.29, 1.82) is 0 Å². The molecule has 12 nitrogen and oxygen atoms in total. The number of nitrogens with zero attached hydrogens (tertiary/aromatic N) is 4. The summed E-state index contributed by atoms with van der Waals surface area (Å²) in [7, 11) is 1.49. The predicted molar refractivity (Wildman–Crippen MR) is 155 cm³/mol. The summed E-state index contributed by atoms with van der Waals surface area (Å²) in [5.41, 5.74) is -2.28. The van der Waals surface area contributed by atoms with E-state index in [0.29, 0.717) is 12.4 Å². The third kappa shape index (κ3) is 9.53. The van der Waals surface area contributed by atoms with Gasteiger partial charge in [-0.1, -0.05) is 34.6 Å². The maximum absolute atomic E-state index is 14.3. The lowest BCUT2D eigenvalue weighted by atomic mass is 9.79. The number of amides is 2. The highest BCUT2D eigenvalue weighted by Gasteiger charge is 2.47. The van der Waals surface area contributed by atoms with Gasteiger partial charge in [-0.2, -0.15) is 0 Å². The van der Waals surface area contributed by atoms with Crippen molar-refractivity contribution in [2.24, 2.45) is 11.3 Å². The molecule has 0 aromatic carbocycles. The number of hydrogen-bond acceptors (Lipinski definition) is 9. The number of nitrogens with one attached hydrogen (secondary N) is 1. The smallest absolute Gasteiger partial charge is 0.410 e. The van der Waals surface area contributed by atoms with Crippen molar-refractivity contribution >= 4 is 23.8 Å². The van der Waals surface area contributed by atoms with Crippen LogP contribution >= 0.6 is 0 Å². The van der Waals surface area contributed by atoms with Crippen molar-refractivity contribution in [3.05, 3.63) is 17.6 Å². The van der Waals surface area contributed by atoms with E-state index in [9.17, 15) is 24.6 Å². The highest BCUT2D eigenvalue weighted by Crippen LogP contribution is 2.34. The molecule has 1 aromatic rings. The van der Waals surface area contributed by atoms with Crippen LogP contribution in [-0.4, -0.2) is 106 Å². The Morgan fingerprint density at radius 3 is 2.37 bits per heavy atom. The highest BCUT2D eigenvalue weighted by atomic mass is 16.6. The van der Waals surface area contributed by atoms with Crippen molar-refractivity contribution in [2.45, 2.75) is 91.9 Å². The monoisotopic (exact) mass is 579 g/mol. The first-order valence-corrected chi connectivity index (χ1v) is 14.1. The lowest BCUT2D eigenvalue weighted by Crippen LogP contribution is -2.60. The van der Waals surface area contributed by atoms with E-state index in [0.717, 1.165) is 0 Å². The average molecular weight is 580 g/mol. The predicted octanol–water partition coefficient (Wildman–Crippen LogP) is 3.39. The van der Waals surface area contributed by atoms with Crippen LogP contribution in [0.1, 0.15) is 84.9 Å². The van der Waals surface area contributed by atoms with Crippen molar-refractivity contribution in [1.82, 2.24) is 19.8 Å². The molecule has 1 aliphatic heterocycles. The van der Waals surface area contributed by atoms with Crippen LogP contribution in [0, 0.1) is 11.3 Å². The number of aliphatic carboxylic acids is 1. The number of aromatic nitrogens is 2. The Labute approximate surface area is 243 Å². The molecule has 0 radical (unpaired) electrons. The first-order chi connectivity index (χ1) is 18.8. The molecule has 3 N–H and O–H groups in total. The van der Waals surface area contributed by atoms with Crippen LogP contribution in [0.2, 0.25) is 0 Å². The fourth-order valence-electron chi connectivity index (χ4n) is 4.66. The van der Waals surface area contributed by atoms with Gasteiger partial charge in [0.1, 0.15) is 22.8 Å². The summed E-state index contributed by atoms with van der Waals surface area (Å²) in [4.78, 5) is 51.9. The van der Waals surface area contributed by atoms with Gasteiger partial charge in [0.15, 0.2) is 0 Å². The first-order valence-electron chi connectivity index (χ1n) is 14.1. The van der Waals surface area contributed by atoms with Crippen LogP contribution in [0.4, 0.5) is 10.6 Å². The van der Waals surface area contributed by atoms with Crippen molar-refractivity contribution in [3.63, 3.8) is 0 Å². The van der Waals surface area contributed by atoms with Crippen LogP contribution in [-0.2, 0) is 19.7 Å². The zero-order chi connectivity index (χ0) is 31.3. The minimum atomic E-state index is -1.30. The summed E-state index contributed by atoms with van der Waals surface area (Å²) in [5.74, 6) is -0.631. The SMILES string of the molecule is COCC(O)CNc1nc(C(C)(C)C)ncc1C(=O)N(CC(C)C)[C@@H]1CN(C(=O)OC(C)(C)C)C[C@](C)(C(=O)O)C1. The van der Waals surface area contributed by atoms with E-state index >= 15 is 0 Å². The molecule has 0 saturated carbocycles. The average Bonchev–Trinajstić information content (AvgIpc) is 2.83. The zero-order valence-electron chi connectivity index (χ0n) is 26.3. The number of ether oxygens (including phenoxy) is 2. The van der Waals surface area contributed by atoms with E-state index in [4.69, 9.17) is 9.47 Å². The molecule has 2 heterocycles. The molecule has 0 aliphatic carbocycles. The molecule has 1 saturated heterocycles. The fourth-order valence-corrected chi connectivity index (χ4v) is 4.66. The molecule has 2 amide bonds. The van der Waals surface area contributed by atoms with E-state index in [1.807, 2.05) is 34.6 Å². The normalized spacial score (nSPS) is 20.5. The second-order valence-corrected chi connectivity index (χ2v) is 13.6. The molecule has 1 aromatic heterocycles. The Balaban J connectivity index is 2.55. The largest absolute Gasteiger partial charge is 0.481 e. The molecule has 232 valence electrons. The molecular formula is C29H49N5O7. The summed E-state index contributed by atoms with van der Waals surface area (Å²) in [6.45, 7) is 17.2. The summed E-state index contributed by atoms with van der Waals surface area (Å²) >= 11 is 0. The number of carbonyl (C=O) groups excluding carboxylic acids is 2. The van der Waals surface area contributed by atoms with Gasteiger partial charge in [0.25, 0.3) is 5.91 Å². The Morgan fingerprint density at radius 1 is 1.22 bits per heavy atom. The Morgan fingerprint density at radius 2 is 1.85 bits per heavy atom. The molecule has 41 heavy (non-hydrogen) atoms. The number of methoxy groups -OCH3 is 1. The lowest BCUT2D eigenvalue weighted by molar-refractivity contribution is -0.152. The van der Waals surface area contributed by atoms with E-state index in [1.165, 1.54) is 18.2 Å². The molecule has 0 bridgehead atoms. The number of piperidine rings is 1. The first kappa shape index (κ1) is 34.2. The summed E-state index contributed by atoms with van der Waals surface area (Å²) in [6.07, 6.45) is 0.161. The topological polar surface area (TPSA) is 154 Å². The van der Waals surface area contributed by atoms with Crippen molar-refractivity contribution in [2.75, 3.05) is 45.2 Å². The van der Waals surface area contributed by atoms with Crippen molar-refractivity contribution < 1.29 is 34.1 Å². The van der Waals surface area contributed by atoms with Gasteiger partial charge in [-0.3, -0.25) is 9.59 Å². The maximum atomic E-state index is 14.3. The Kier molecular flexibility index (Phi) is 11.1. The second kappa shape index (κ2) is 13.3. The van der Waals surface area contributed by atoms with E-state index in [-0.39, 0.29) is 50.0 Å². The van der Waals surface area contributed by atoms with E-state index in [1.54, 1.807) is 32.6 Å². The Hall–Kier alpha value is -2.99. The van der Waals surface area contributed by atoms with Gasteiger partial charge in [0.05, 0.1) is 24.2 Å². The number of hydrogen-bond donors (Lipinski definition) is 3. The third-order valence-electron chi connectivity index (χ3n) is 6.64. The lowest BCUT2D eigenvalue weighted by Gasteiger charge is -2.46. The number of aliphatic hydroxyl groups is 1. The minimum Gasteiger partial charge on any atom is -0.481 e. The molecule has 0 spiro atoms. The van der Waals surface area contributed by atoms with E-state index < -0.39 is 46.5 Å². The van der Waals surface area contributed by atoms with Gasteiger partial charge in [0, 0.05) is 44.9 Å². The number of carboxylic acid groups (broad SMARTS) is 1. The standard InChI is InChI=1S/C29H49N5O7/c1-18(2)14-34(19-11-29(9,25(37)38)17-33(15-19)26(39)41-28(6,7)8)23(36)21-13-31-24(27(3,4)5)32-22(21)30-12-20(35)16-40-10/h13,18-20,35H,11-12,14-17H2,1-10H3,(H,37,38)(H,30,31,32)/t19-,20?,29+/m0/s1. The number of carboxylic acids is 1. The molecule has 1 aliphatic rings. The number of rotatable bonds is 10. The Bertz CT molecular complexity index is 1080. The molecule has 3 atom stereocenters. The maximum Gasteiger partial charge on any atom is 0.410 e. The number of aliphatic hydroxyl groups excluding tert-OH is 1. The van der Waals surface area contributed by atoms with Gasteiger partial charge >= 0.3 is 12.1 Å². The number of anilines is 1. The van der Waals surface area contributed by atoms with Crippen LogP contribution in [0.5, 0.6) is 0 Å². The van der Waals surface area contributed by atoms with E-state index in [2.05, 4.69) is 15.3 Å². The van der Waals surface area contributed by atoms with Crippen LogP contribution in [0.15, 0.2) is 6.20 Å². The summed E-state index contributed by atoms with van der Waals surface area (Å²) in [5, 5.41) is 23.5. The number of likely N-dealkylation sites (tertiary alicyclic amines) is 1. The summed E-state index contributed by atoms with van der Waals surface area (Å²) in [6, 6.07) is -0.610. The van der Waals surface area contributed by atoms with Gasteiger partial charge in [-0.05, 0) is 40.0 Å².